The lowest BCUT2D eigenvalue weighted by Crippen LogP contribution is -2.61. The number of hydrogen-bond donors (Lipinski definition) is 2. The van der Waals surface area contributed by atoms with Crippen LogP contribution in [0.3, 0.4) is 0 Å². The van der Waals surface area contributed by atoms with Crippen LogP contribution in [0.1, 0.15) is 71.6 Å². The Morgan fingerprint density at radius 3 is 2.29 bits per heavy atom. The molecule has 0 radical (unpaired) electrons. The Labute approximate surface area is 129 Å². The molecule has 0 aromatic rings. The summed E-state index contributed by atoms with van der Waals surface area (Å²) in [6.45, 7) is 6.98. The number of nitrogens with two attached hydrogens (primary N) is 1. The van der Waals surface area contributed by atoms with E-state index in [0.717, 1.165) is 6.54 Å². The molecular weight excluding hydrogens is 262 g/mol. The molecule has 0 bridgehead atoms. The third kappa shape index (κ3) is 3.98. The molecule has 1 unspecified atom stereocenters. The monoisotopic (exact) mass is 295 g/mol. The molecule has 0 aromatic heterocycles. The number of carbonyl (C=O) groups excluding carboxylic acids is 1. The van der Waals surface area contributed by atoms with E-state index in [0.29, 0.717) is 6.42 Å². The van der Waals surface area contributed by atoms with Gasteiger partial charge in [0.2, 0.25) is 5.91 Å². The summed E-state index contributed by atoms with van der Waals surface area (Å²) in [5.41, 5.74) is 5.53. The van der Waals surface area contributed by atoms with E-state index >= 15 is 0 Å². The fraction of sp³-hybridized carbons (Fsp3) is 0.941. The minimum Gasteiger partial charge on any atom is -0.353 e. The second-order valence-corrected chi connectivity index (χ2v) is 7.29. The van der Waals surface area contributed by atoms with Crippen molar-refractivity contribution >= 4 is 5.91 Å². The van der Waals surface area contributed by atoms with Crippen LogP contribution >= 0.6 is 0 Å². The maximum Gasteiger partial charge on any atom is 0.239 e. The van der Waals surface area contributed by atoms with Crippen LogP contribution < -0.4 is 11.1 Å². The number of rotatable bonds is 5. The fourth-order valence-corrected chi connectivity index (χ4v) is 3.79. The Morgan fingerprint density at radius 2 is 1.71 bits per heavy atom. The first-order chi connectivity index (χ1) is 10.0. The number of nitrogens with zero attached hydrogens (tertiary/aromatic N) is 1. The van der Waals surface area contributed by atoms with Gasteiger partial charge in [0.25, 0.3) is 0 Å². The molecule has 0 spiro atoms. The van der Waals surface area contributed by atoms with Gasteiger partial charge in [-0.1, -0.05) is 32.6 Å². The van der Waals surface area contributed by atoms with E-state index in [1.165, 1.54) is 64.5 Å². The summed E-state index contributed by atoms with van der Waals surface area (Å²) in [4.78, 5) is 15.0. The van der Waals surface area contributed by atoms with Crippen LogP contribution in [0, 0.1) is 0 Å². The highest BCUT2D eigenvalue weighted by molar-refractivity contribution is 5.85. The first kappa shape index (κ1) is 16.8. The maximum absolute atomic E-state index is 12.3. The van der Waals surface area contributed by atoms with Gasteiger partial charge in [-0.15, -0.1) is 0 Å². The summed E-state index contributed by atoms with van der Waals surface area (Å²) in [5, 5.41) is 3.18. The molecule has 1 saturated heterocycles. The predicted octanol–water partition coefficient (Wildman–Crippen LogP) is 2.42. The topological polar surface area (TPSA) is 58.4 Å². The van der Waals surface area contributed by atoms with Crippen molar-refractivity contribution in [1.29, 1.82) is 0 Å². The van der Waals surface area contributed by atoms with Gasteiger partial charge < -0.3 is 11.1 Å². The van der Waals surface area contributed by atoms with Crippen molar-refractivity contribution in [3.8, 4) is 0 Å². The van der Waals surface area contributed by atoms with E-state index in [1.807, 2.05) is 13.8 Å². The van der Waals surface area contributed by atoms with Gasteiger partial charge in [-0.3, -0.25) is 9.69 Å². The molecule has 0 aromatic carbocycles. The van der Waals surface area contributed by atoms with Gasteiger partial charge in [0.05, 0.1) is 5.54 Å². The van der Waals surface area contributed by atoms with E-state index in [9.17, 15) is 4.79 Å². The van der Waals surface area contributed by atoms with Crippen molar-refractivity contribution in [2.24, 2.45) is 5.73 Å². The fourth-order valence-electron chi connectivity index (χ4n) is 3.79. The molecule has 4 nitrogen and oxygen atoms in total. The first-order valence-corrected chi connectivity index (χ1v) is 8.82. The molecular formula is C17H33N3O. The molecule has 2 rings (SSSR count). The zero-order valence-electron chi connectivity index (χ0n) is 13.9. The lowest BCUT2D eigenvalue weighted by Gasteiger charge is -2.48. The first-order valence-electron chi connectivity index (χ1n) is 8.82. The van der Waals surface area contributed by atoms with E-state index < -0.39 is 5.54 Å². The van der Waals surface area contributed by atoms with Gasteiger partial charge in [0.15, 0.2) is 0 Å². The molecule has 2 aliphatic rings. The molecule has 1 atom stereocenters. The second-order valence-electron chi connectivity index (χ2n) is 7.29. The van der Waals surface area contributed by atoms with Crippen LogP contribution in [0.4, 0.5) is 0 Å². The highest BCUT2D eigenvalue weighted by atomic mass is 16.2. The Bertz CT molecular complexity index is 342. The average molecular weight is 295 g/mol. The third-order valence-corrected chi connectivity index (χ3v) is 5.64. The number of hydrogen-bond acceptors (Lipinski definition) is 3. The van der Waals surface area contributed by atoms with Crippen LogP contribution in [-0.2, 0) is 4.79 Å². The van der Waals surface area contributed by atoms with Crippen molar-refractivity contribution in [1.82, 2.24) is 10.2 Å². The summed E-state index contributed by atoms with van der Waals surface area (Å²) < 4.78 is 0. The normalized spacial score (nSPS) is 26.0. The number of amides is 1. The molecule has 3 N–H and O–H groups in total. The van der Waals surface area contributed by atoms with Crippen molar-refractivity contribution < 1.29 is 4.79 Å². The molecule has 1 aliphatic carbocycles. The Kier molecular flexibility index (Phi) is 5.67. The van der Waals surface area contributed by atoms with E-state index in [4.69, 9.17) is 5.73 Å². The van der Waals surface area contributed by atoms with Gasteiger partial charge in [-0.05, 0) is 52.1 Å². The number of piperidine rings is 1. The molecule has 1 saturated carbocycles. The highest BCUT2D eigenvalue weighted by Crippen LogP contribution is 2.35. The number of nitrogens with one attached hydrogen (secondary N) is 1. The van der Waals surface area contributed by atoms with Crippen molar-refractivity contribution in [2.45, 2.75) is 82.7 Å². The van der Waals surface area contributed by atoms with Gasteiger partial charge >= 0.3 is 0 Å². The van der Waals surface area contributed by atoms with Crippen LogP contribution in [0.15, 0.2) is 0 Å². The standard InChI is InChI=1S/C17H33N3O/c1-3-16(2,18)15(21)19-14-17(10-6-4-7-11-17)20-12-8-5-9-13-20/h3-14,18H2,1-2H3,(H,19,21). The smallest absolute Gasteiger partial charge is 0.239 e. The molecule has 2 fully saturated rings. The molecule has 1 aliphatic heterocycles. The summed E-state index contributed by atoms with van der Waals surface area (Å²) in [7, 11) is 0. The molecule has 1 heterocycles. The predicted molar refractivity (Wildman–Crippen MR) is 87.1 cm³/mol. The summed E-state index contributed by atoms with van der Waals surface area (Å²) in [6.07, 6.45) is 11.0. The number of likely N-dealkylation sites (tertiary alicyclic amines) is 1. The zero-order valence-corrected chi connectivity index (χ0v) is 13.9. The minimum atomic E-state index is -0.738. The van der Waals surface area contributed by atoms with E-state index in [2.05, 4.69) is 10.2 Å². The quantitative estimate of drug-likeness (QED) is 0.819. The Morgan fingerprint density at radius 1 is 1.14 bits per heavy atom. The Balaban J connectivity index is 2.01. The van der Waals surface area contributed by atoms with Crippen LogP contribution in [0.25, 0.3) is 0 Å². The van der Waals surface area contributed by atoms with Crippen LogP contribution in [0.2, 0.25) is 0 Å². The minimum absolute atomic E-state index is 0.00644. The Hall–Kier alpha value is -0.610. The molecule has 4 heteroatoms. The van der Waals surface area contributed by atoms with Crippen molar-refractivity contribution in [3.63, 3.8) is 0 Å². The molecule has 21 heavy (non-hydrogen) atoms. The van der Waals surface area contributed by atoms with Crippen molar-refractivity contribution in [2.75, 3.05) is 19.6 Å². The van der Waals surface area contributed by atoms with Gasteiger partial charge in [0.1, 0.15) is 0 Å². The lowest BCUT2D eigenvalue weighted by molar-refractivity contribution is -0.126. The SMILES string of the molecule is CCC(C)(N)C(=O)NCC1(N2CCCCC2)CCCCC1. The van der Waals surface area contributed by atoms with E-state index in [-0.39, 0.29) is 11.4 Å². The van der Waals surface area contributed by atoms with Gasteiger partial charge in [-0.2, -0.15) is 0 Å². The van der Waals surface area contributed by atoms with Crippen LogP contribution in [0.5, 0.6) is 0 Å². The van der Waals surface area contributed by atoms with Gasteiger partial charge in [0, 0.05) is 12.1 Å². The third-order valence-electron chi connectivity index (χ3n) is 5.64. The van der Waals surface area contributed by atoms with Crippen LogP contribution in [-0.4, -0.2) is 41.5 Å². The molecule has 1 amide bonds. The zero-order chi connectivity index (χ0) is 15.3. The number of carbonyl (C=O) groups is 1. The van der Waals surface area contributed by atoms with E-state index in [1.54, 1.807) is 0 Å². The highest BCUT2D eigenvalue weighted by Gasteiger charge is 2.39. The summed E-state index contributed by atoms with van der Waals surface area (Å²) >= 11 is 0. The van der Waals surface area contributed by atoms with Crippen molar-refractivity contribution in [3.05, 3.63) is 0 Å². The largest absolute Gasteiger partial charge is 0.353 e. The lowest BCUT2D eigenvalue weighted by atomic mass is 9.79. The van der Waals surface area contributed by atoms with Gasteiger partial charge in [-0.25, -0.2) is 0 Å². The summed E-state index contributed by atoms with van der Waals surface area (Å²) in [6, 6.07) is 0. The average Bonchev–Trinajstić information content (AvgIpc) is 2.54. The second kappa shape index (κ2) is 7.10. The maximum atomic E-state index is 12.3. The summed E-state index contributed by atoms with van der Waals surface area (Å²) in [5.74, 6) is 0.00644. The molecule has 122 valence electrons.